The Kier molecular flexibility index (Phi) is 3.79. The molecule has 3 rings (SSSR count). The van der Waals surface area contributed by atoms with E-state index in [-0.39, 0.29) is 11.3 Å². The Bertz CT molecular complexity index is 747. The summed E-state index contributed by atoms with van der Waals surface area (Å²) >= 11 is 6.03. The highest BCUT2D eigenvalue weighted by atomic mass is 35.5. The summed E-state index contributed by atoms with van der Waals surface area (Å²) in [5.41, 5.74) is 4.87. The van der Waals surface area contributed by atoms with Gasteiger partial charge in [0, 0.05) is 12.0 Å². The van der Waals surface area contributed by atoms with Gasteiger partial charge in [-0.1, -0.05) is 37.6 Å². The lowest BCUT2D eigenvalue weighted by atomic mass is 9.76. The normalized spacial score (nSPS) is 18.0. The molecule has 0 aliphatic heterocycles. The molecular formula is C17H17ClN2O2. The van der Waals surface area contributed by atoms with Crippen LogP contribution in [-0.2, 0) is 6.42 Å². The van der Waals surface area contributed by atoms with Crippen LogP contribution in [0.5, 0.6) is 0 Å². The molecule has 0 fully saturated rings. The molecular weight excluding hydrogens is 300 g/mol. The smallest absolute Gasteiger partial charge is 0.272 e. The Labute approximate surface area is 134 Å². The standard InChI is InChI=1S/C17H17ClN2O2/c1-17(2)9-14(12-7-8-22-15(12)10-17)19-20-16(21)11-5-3-4-6-13(11)18/h3-8H,9-10H2,1-2H3,(H,20,21)/b19-14+. The van der Waals surface area contributed by atoms with E-state index in [9.17, 15) is 4.79 Å². The minimum absolute atomic E-state index is 0.0544. The zero-order chi connectivity index (χ0) is 15.7. The highest BCUT2D eigenvalue weighted by Crippen LogP contribution is 2.35. The van der Waals surface area contributed by atoms with Crippen LogP contribution in [0.1, 0.15) is 41.9 Å². The molecule has 0 saturated heterocycles. The summed E-state index contributed by atoms with van der Waals surface area (Å²) in [5, 5.41) is 4.72. The minimum Gasteiger partial charge on any atom is -0.469 e. The van der Waals surface area contributed by atoms with Crippen molar-refractivity contribution in [2.24, 2.45) is 10.5 Å². The van der Waals surface area contributed by atoms with Gasteiger partial charge >= 0.3 is 0 Å². The van der Waals surface area contributed by atoms with Gasteiger partial charge in [-0.25, -0.2) is 5.43 Å². The number of furan rings is 1. The van der Waals surface area contributed by atoms with E-state index in [1.54, 1.807) is 30.5 Å². The van der Waals surface area contributed by atoms with Crippen LogP contribution in [0.2, 0.25) is 5.02 Å². The van der Waals surface area contributed by atoms with E-state index in [1.165, 1.54) is 0 Å². The summed E-state index contributed by atoms with van der Waals surface area (Å²) in [7, 11) is 0. The number of hydrogen-bond donors (Lipinski definition) is 1. The third kappa shape index (κ3) is 2.92. The maximum atomic E-state index is 12.2. The number of amides is 1. The van der Waals surface area contributed by atoms with E-state index in [4.69, 9.17) is 16.0 Å². The van der Waals surface area contributed by atoms with Gasteiger partial charge in [0.2, 0.25) is 0 Å². The zero-order valence-corrected chi connectivity index (χ0v) is 13.3. The van der Waals surface area contributed by atoms with Crippen molar-refractivity contribution in [2.45, 2.75) is 26.7 Å². The molecule has 5 heteroatoms. The third-order valence-corrected chi connectivity index (χ3v) is 4.08. The number of carbonyl (C=O) groups excluding carboxylic acids is 1. The molecule has 0 spiro atoms. The second-order valence-corrected chi connectivity index (χ2v) is 6.66. The maximum absolute atomic E-state index is 12.2. The van der Waals surface area contributed by atoms with Crippen LogP contribution in [0, 0.1) is 5.41 Å². The van der Waals surface area contributed by atoms with Crippen molar-refractivity contribution in [1.29, 1.82) is 0 Å². The van der Waals surface area contributed by atoms with Gasteiger partial charge in [0.15, 0.2) is 0 Å². The van der Waals surface area contributed by atoms with Crippen LogP contribution in [0.3, 0.4) is 0 Å². The predicted octanol–water partition coefficient (Wildman–Crippen LogP) is 4.04. The summed E-state index contributed by atoms with van der Waals surface area (Å²) in [4.78, 5) is 12.2. The fourth-order valence-corrected chi connectivity index (χ4v) is 2.93. The number of halogens is 1. The maximum Gasteiger partial charge on any atom is 0.272 e. The first-order valence-electron chi connectivity index (χ1n) is 7.14. The van der Waals surface area contributed by atoms with Crippen molar-refractivity contribution in [2.75, 3.05) is 0 Å². The number of fused-ring (bicyclic) bond motifs is 1. The van der Waals surface area contributed by atoms with Crippen molar-refractivity contribution >= 4 is 23.2 Å². The first-order valence-corrected chi connectivity index (χ1v) is 7.52. The van der Waals surface area contributed by atoms with E-state index in [2.05, 4.69) is 24.4 Å². The Morgan fingerprint density at radius 2 is 2.05 bits per heavy atom. The van der Waals surface area contributed by atoms with E-state index >= 15 is 0 Å². The molecule has 0 unspecified atom stereocenters. The molecule has 0 radical (unpaired) electrons. The Hall–Kier alpha value is -2.07. The second-order valence-electron chi connectivity index (χ2n) is 6.25. The summed E-state index contributed by atoms with van der Waals surface area (Å²) in [6.45, 7) is 4.31. The van der Waals surface area contributed by atoms with E-state index in [0.717, 1.165) is 29.9 Å². The number of benzene rings is 1. The Balaban J connectivity index is 1.84. The minimum atomic E-state index is -0.313. The molecule has 1 aliphatic rings. The molecule has 0 atom stereocenters. The van der Waals surface area contributed by atoms with Gasteiger partial charge < -0.3 is 4.42 Å². The average molecular weight is 317 g/mol. The fourth-order valence-electron chi connectivity index (χ4n) is 2.70. The molecule has 1 aromatic heterocycles. The lowest BCUT2D eigenvalue weighted by Crippen LogP contribution is -2.29. The van der Waals surface area contributed by atoms with Gasteiger partial charge in [-0.3, -0.25) is 4.79 Å². The largest absolute Gasteiger partial charge is 0.469 e. The first kappa shape index (κ1) is 14.9. The van der Waals surface area contributed by atoms with E-state index < -0.39 is 0 Å². The van der Waals surface area contributed by atoms with Crippen molar-refractivity contribution < 1.29 is 9.21 Å². The van der Waals surface area contributed by atoms with Crippen molar-refractivity contribution in [3.63, 3.8) is 0 Å². The number of hydrogen-bond acceptors (Lipinski definition) is 3. The van der Waals surface area contributed by atoms with Gasteiger partial charge in [0.25, 0.3) is 5.91 Å². The highest BCUT2D eigenvalue weighted by molar-refractivity contribution is 6.33. The molecule has 1 N–H and O–H groups in total. The summed E-state index contributed by atoms with van der Waals surface area (Å²) in [6.07, 6.45) is 3.31. The first-order chi connectivity index (χ1) is 10.5. The molecule has 1 aromatic carbocycles. The number of nitrogens with one attached hydrogen (secondary N) is 1. The fraction of sp³-hybridized carbons (Fsp3) is 0.294. The quantitative estimate of drug-likeness (QED) is 0.850. The van der Waals surface area contributed by atoms with E-state index in [1.807, 2.05) is 6.07 Å². The van der Waals surface area contributed by atoms with Crippen LogP contribution in [0.15, 0.2) is 46.1 Å². The van der Waals surface area contributed by atoms with Crippen molar-refractivity contribution in [3.05, 3.63) is 58.5 Å². The molecule has 0 bridgehead atoms. The molecule has 4 nitrogen and oxygen atoms in total. The summed E-state index contributed by atoms with van der Waals surface area (Å²) in [5.74, 6) is 0.605. The molecule has 1 aliphatic carbocycles. The van der Waals surface area contributed by atoms with Crippen molar-refractivity contribution in [3.8, 4) is 0 Å². The number of hydrazone groups is 1. The monoisotopic (exact) mass is 316 g/mol. The van der Waals surface area contributed by atoms with Gasteiger partial charge in [-0.2, -0.15) is 5.10 Å². The molecule has 0 saturated carbocycles. The predicted molar refractivity (Wildman–Crippen MR) is 86.3 cm³/mol. The van der Waals surface area contributed by atoms with Crippen molar-refractivity contribution in [1.82, 2.24) is 5.43 Å². The lowest BCUT2D eigenvalue weighted by Gasteiger charge is -2.29. The van der Waals surface area contributed by atoms with Crippen LogP contribution < -0.4 is 5.43 Å². The van der Waals surface area contributed by atoms with Crippen LogP contribution in [0.25, 0.3) is 0 Å². The van der Waals surface area contributed by atoms with Gasteiger partial charge in [-0.05, 0) is 30.0 Å². The second kappa shape index (κ2) is 5.61. The SMILES string of the molecule is CC1(C)C/C(=N\NC(=O)c2ccccc2Cl)c2ccoc2C1. The Morgan fingerprint density at radius 3 is 2.82 bits per heavy atom. The molecule has 2 aromatic rings. The molecule has 114 valence electrons. The van der Waals surface area contributed by atoms with Gasteiger partial charge in [0.1, 0.15) is 5.76 Å². The highest BCUT2D eigenvalue weighted by Gasteiger charge is 2.31. The molecule has 22 heavy (non-hydrogen) atoms. The van der Waals surface area contributed by atoms with Crippen LogP contribution in [-0.4, -0.2) is 11.6 Å². The van der Waals surface area contributed by atoms with Gasteiger partial charge in [0.05, 0.1) is 22.6 Å². The van der Waals surface area contributed by atoms with Gasteiger partial charge in [-0.15, -0.1) is 0 Å². The third-order valence-electron chi connectivity index (χ3n) is 3.75. The topological polar surface area (TPSA) is 54.6 Å². The zero-order valence-electron chi connectivity index (χ0n) is 12.5. The number of nitrogens with zero attached hydrogens (tertiary/aromatic N) is 1. The summed E-state index contributed by atoms with van der Waals surface area (Å²) in [6, 6.07) is 8.80. The van der Waals surface area contributed by atoms with Crippen LogP contribution in [0.4, 0.5) is 0 Å². The molecule has 1 amide bonds. The Morgan fingerprint density at radius 1 is 1.27 bits per heavy atom. The lowest BCUT2D eigenvalue weighted by molar-refractivity contribution is 0.0954. The van der Waals surface area contributed by atoms with Crippen LogP contribution >= 0.6 is 11.6 Å². The summed E-state index contributed by atoms with van der Waals surface area (Å²) < 4.78 is 5.52. The number of carbonyl (C=O) groups is 1. The average Bonchev–Trinajstić information content (AvgIpc) is 2.91. The molecule has 1 heterocycles. The van der Waals surface area contributed by atoms with E-state index in [0.29, 0.717) is 10.6 Å². The number of rotatable bonds is 2.